The molecule has 0 aliphatic carbocycles. The monoisotopic (exact) mass is 429 g/mol. The molecule has 7 nitrogen and oxygen atoms in total. The molecule has 2 N–H and O–H groups in total. The SMILES string of the molecule is CS(=O)(=O)c1ccc(-n2cnc(Cl)c2-c2ccc(-n3c(O)ccc3O)cc2)cc1. The van der Waals surface area contributed by atoms with Crippen LogP contribution in [-0.2, 0) is 9.84 Å². The molecule has 0 unspecified atom stereocenters. The maximum absolute atomic E-state index is 11.7. The Morgan fingerprint density at radius 1 is 0.862 bits per heavy atom. The van der Waals surface area contributed by atoms with Crippen molar-refractivity contribution in [2.24, 2.45) is 0 Å². The summed E-state index contributed by atoms with van der Waals surface area (Å²) >= 11 is 6.31. The minimum absolute atomic E-state index is 0.0794. The number of benzene rings is 2. The van der Waals surface area contributed by atoms with E-state index in [1.165, 1.54) is 28.8 Å². The highest BCUT2D eigenvalue weighted by Gasteiger charge is 2.15. The summed E-state index contributed by atoms with van der Waals surface area (Å²) < 4.78 is 26.4. The molecule has 0 bridgehead atoms. The minimum atomic E-state index is -3.29. The molecule has 29 heavy (non-hydrogen) atoms. The second kappa shape index (κ2) is 6.98. The number of halogens is 1. The molecule has 0 atom stereocenters. The van der Waals surface area contributed by atoms with Gasteiger partial charge < -0.3 is 10.2 Å². The van der Waals surface area contributed by atoms with E-state index < -0.39 is 9.84 Å². The van der Waals surface area contributed by atoms with E-state index in [9.17, 15) is 18.6 Å². The second-order valence-electron chi connectivity index (χ2n) is 6.45. The van der Waals surface area contributed by atoms with E-state index in [0.29, 0.717) is 17.1 Å². The topological polar surface area (TPSA) is 97.4 Å². The van der Waals surface area contributed by atoms with Gasteiger partial charge in [-0.2, -0.15) is 0 Å². The van der Waals surface area contributed by atoms with Gasteiger partial charge in [0, 0.05) is 29.6 Å². The fourth-order valence-electron chi connectivity index (χ4n) is 3.08. The number of rotatable bonds is 4. The van der Waals surface area contributed by atoms with Gasteiger partial charge in [-0.1, -0.05) is 23.7 Å². The lowest BCUT2D eigenvalue weighted by Gasteiger charge is -2.11. The first-order valence-electron chi connectivity index (χ1n) is 8.49. The van der Waals surface area contributed by atoms with E-state index >= 15 is 0 Å². The van der Waals surface area contributed by atoms with Crippen LogP contribution in [0, 0.1) is 0 Å². The lowest BCUT2D eigenvalue weighted by atomic mass is 10.1. The molecule has 2 aromatic carbocycles. The Morgan fingerprint density at radius 3 is 1.97 bits per heavy atom. The highest BCUT2D eigenvalue weighted by molar-refractivity contribution is 7.90. The number of hydrogen-bond donors (Lipinski definition) is 2. The predicted octanol–water partition coefficient (Wildman–Crippen LogP) is 3.80. The lowest BCUT2D eigenvalue weighted by Crippen LogP contribution is -1.99. The number of aromatic nitrogens is 3. The zero-order valence-corrected chi connectivity index (χ0v) is 16.8. The molecule has 4 aromatic rings. The van der Waals surface area contributed by atoms with Crippen LogP contribution in [0.1, 0.15) is 0 Å². The molecule has 148 valence electrons. The van der Waals surface area contributed by atoms with Crippen LogP contribution >= 0.6 is 11.6 Å². The van der Waals surface area contributed by atoms with Crippen LogP contribution in [0.2, 0.25) is 5.15 Å². The summed E-state index contributed by atoms with van der Waals surface area (Å²) in [5.74, 6) is -0.159. The standard InChI is InChI=1S/C20H16ClN3O4S/c1-29(27,28)16-8-6-14(7-9-16)23-12-22-20(21)19(23)13-2-4-15(5-3-13)24-17(25)10-11-18(24)26/h2-12,25-26H,1H3. The Morgan fingerprint density at radius 2 is 1.41 bits per heavy atom. The average molecular weight is 430 g/mol. The number of aromatic hydroxyl groups is 2. The number of hydrogen-bond acceptors (Lipinski definition) is 5. The molecule has 4 rings (SSSR count). The molecule has 0 saturated carbocycles. The van der Waals surface area contributed by atoms with E-state index in [2.05, 4.69) is 4.98 Å². The molecular formula is C20H16ClN3O4S. The fourth-order valence-corrected chi connectivity index (χ4v) is 3.96. The van der Waals surface area contributed by atoms with Crippen molar-refractivity contribution in [3.05, 3.63) is 72.1 Å². The van der Waals surface area contributed by atoms with Gasteiger partial charge in [0.1, 0.15) is 6.33 Å². The zero-order chi connectivity index (χ0) is 20.8. The quantitative estimate of drug-likeness (QED) is 0.514. The largest absolute Gasteiger partial charge is 0.494 e. The van der Waals surface area contributed by atoms with Crippen LogP contribution in [0.5, 0.6) is 11.8 Å². The van der Waals surface area contributed by atoms with E-state index in [1.54, 1.807) is 47.3 Å². The number of nitrogens with zero attached hydrogens (tertiary/aromatic N) is 3. The normalized spacial score (nSPS) is 11.7. The molecule has 9 heteroatoms. The Labute approximate surface area is 172 Å². The molecule has 0 spiro atoms. The van der Waals surface area contributed by atoms with Crippen LogP contribution in [0.4, 0.5) is 0 Å². The number of sulfone groups is 1. The summed E-state index contributed by atoms with van der Waals surface area (Å²) in [5.41, 5.74) is 2.67. The van der Waals surface area contributed by atoms with Gasteiger partial charge in [0.15, 0.2) is 26.8 Å². The van der Waals surface area contributed by atoms with E-state index in [0.717, 1.165) is 11.8 Å². The summed E-state index contributed by atoms with van der Waals surface area (Å²) in [6.45, 7) is 0. The summed E-state index contributed by atoms with van der Waals surface area (Å²) in [7, 11) is -3.29. The van der Waals surface area contributed by atoms with Crippen LogP contribution < -0.4 is 0 Å². The molecule has 2 aromatic heterocycles. The van der Waals surface area contributed by atoms with E-state index in [-0.39, 0.29) is 21.8 Å². The summed E-state index contributed by atoms with van der Waals surface area (Å²) in [6, 6.07) is 16.3. The summed E-state index contributed by atoms with van der Waals surface area (Å²) in [6.07, 6.45) is 2.72. The molecule has 0 aliphatic rings. The van der Waals surface area contributed by atoms with Gasteiger partial charge in [-0.05, 0) is 36.4 Å². The van der Waals surface area contributed by atoms with Crippen molar-refractivity contribution in [3.8, 4) is 34.4 Å². The van der Waals surface area contributed by atoms with Crippen LogP contribution in [0.3, 0.4) is 0 Å². The number of imidazole rings is 1. The highest BCUT2D eigenvalue weighted by atomic mass is 35.5. The minimum Gasteiger partial charge on any atom is -0.494 e. The molecular weight excluding hydrogens is 414 g/mol. The van der Waals surface area contributed by atoms with Gasteiger partial charge in [-0.3, -0.25) is 9.13 Å². The van der Waals surface area contributed by atoms with Crippen molar-refractivity contribution < 1.29 is 18.6 Å². The molecule has 2 heterocycles. The van der Waals surface area contributed by atoms with Crippen LogP contribution in [0.25, 0.3) is 22.6 Å². The Hall–Kier alpha value is -3.23. The Balaban J connectivity index is 1.75. The van der Waals surface area contributed by atoms with Crippen molar-refractivity contribution in [2.75, 3.05) is 6.26 Å². The third-order valence-electron chi connectivity index (χ3n) is 4.50. The van der Waals surface area contributed by atoms with Gasteiger partial charge in [0.2, 0.25) is 0 Å². The first kappa shape index (κ1) is 19.1. The van der Waals surface area contributed by atoms with Gasteiger partial charge >= 0.3 is 0 Å². The van der Waals surface area contributed by atoms with Gasteiger partial charge in [-0.15, -0.1) is 0 Å². The van der Waals surface area contributed by atoms with Crippen LogP contribution in [0.15, 0.2) is 71.9 Å². The maximum atomic E-state index is 11.7. The Bertz CT molecular complexity index is 1270. The van der Waals surface area contributed by atoms with Crippen LogP contribution in [-0.4, -0.2) is 39.0 Å². The van der Waals surface area contributed by atoms with Gasteiger partial charge in [0.05, 0.1) is 16.3 Å². The molecule has 0 amide bonds. The van der Waals surface area contributed by atoms with Crippen molar-refractivity contribution in [2.45, 2.75) is 4.90 Å². The third kappa shape index (κ3) is 3.48. The zero-order valence-electron chi connectivity index (χ0n) is 15.2. The van der Waals surface area contributed by atoms with Crippen molar-refractivity contribution in [1.29, 1.82) is 0 Å². The predicted molar refractivity (Wildman–Crippen MR) is 110 cm³/mol. The third-order valence-corrected chi connectivity index (χ3v) is 5.91. The summed E-state index contributed by atoms with van der Waals surface area (Å²) in [4.78, 5) is 4.39. The molecule has 0 aliphatic heterocycles. The Kier molecular flexibility index (Phi) is 4.60. The maximum Gasteiger partial charge on any atom is 0.198 e. The molecule has 0 fully saturated rings. The van der Waals surface area contributed by atoms with Crippen molar-refractivity contribution in [1.82, 2.24) is 14.1 Å². The smallest absolute Gasteiger partial charge is 0.198 e. The first-order chi connectivity index (χ1) is 13.8. The van der Waals surface area contributed by atoms with Crippen molar-refractivity contribution >= 4 is 21.4 Å². The average Bonchev–Trinajstić information content (AvgIpc) is 3.23. The lowest BCUT2D eigenvalue weighted by molar-refractivity contribution is 0.402. The van der Waals surface area contributed by atoms with Crippen molar-refractivity contribution in [3.63, 3.8) is 0 Å². The van der Waals surface area contributed by atoms with E-state index in [1.807, 2.05) is 0 Å². The fraction of sp³-hybridized carbons (Fsp3) is 0.0500. The second-order valence-corrected chi connectivity index (χ2v) is 8.83. The van der Waals surface area contributed by atoms with Gasteiger partial charge in [-0.25, -0.2) is 13.4 Å². The molecule has 0 saturated heterocycles. The van der Waals surface area contributed by atoms with Gasteiger partial charge in [0.25, 0.3) is 0 Å². The highest BCUT2D eigenvalue weighted by Crippen LogP contribution is 2.32. The molecule has 0 radical (unpaired) electrons. The van der Waals surface area contributed by atoms with E-state index in [4.69, 9.17) is 11.6 Å². The first-order valence-corrected chi connectivity index (χ1v) is 10.8. The summed E-state index contributed by atoms with van der Waals surface area (Å²) in [5, 5.41) is 20.0.